The van der Waals surface area contributed by atoms with Crippen molar-refractivity contribution in [2.75, 3.05) is 25.7 Å². The van der Waals surface area contributed by atoms with E-state index in [1.807, 2.05) is 12.1 Å². The fourth-order valence-electron chi connectivity index (χ4n) is 2.24. The van der Waals surface area contributed by atoms with E-state index in [4.69, 9.17) is 20.9 Å². The first-order valence-electron chi connectivity index (χ1n) is 6.89. The molecule has 4 N–H and O–H groups in total. The standard InChI is InChI=1S/C17H18N2O4.2ClH/c1-22-16(20)12-8-10(3-5-14(12)18)7-11-4-6-15(19)13(9-11)17(21)23-2;;/h3-6,8-9H,7,18-19H2,1-2H3;2*1H/p-2. The SMILES string of the molecule is COC(=O)c1cc(Cc2ccc(N)c(C(=O)OC)c2)ccc1N.[Cl-].[Cl-]. The van der Waals surface area contributed by atoms with Crippen LogP contribution in [0, 0.1) is 0 Å². The number of esters is 2. The van der Waals surface area contributed by atoms with Crippen LogP contribution in [-0.4, -0.2) is 26.2 Å². The highest BCUT2D eigenvalue weighted by Crippen LogP contribution is 2.21. The number of nitrogens with two attached hydrogens (primary N) is 2. The van der Waals surface area contributed by atoms with Crippen LogP contribution in [0.1, 0.15) is 31.8 Å². The van der Waals surface area contributed by atoms with Crippen molar-refractivity contribution in [3.05, 3.63) is 58.7 Å². The van der Waals surface area contributed by atoms with Crippen LogP contribution in [0.3, 0.4) is 0 Å². The molecule has 0 aliphatic heterocycles. The molecule has 136 valence electrons. The molecule has 0 aliphatic carbocycles. The van der Waals surface area contributed by atoms with Crippen molar-refractivity contribution in [3.63, 3.8) is 0 Å². The van der Waals surface area contributed by atoms with Crippen LogP contribution in [0.5, 0.6) is 0 Å². The molecule has 0 amide bonds. The lowest BCUT2D eigenvalue weighted by Gasteiger charge is -2.09. The van der Waals surface area contributed by atoms with Crippen molar-refractivity contribution >= 4 is 23.3 Å². The van der Waals surface area contributed by atoms with Gasteiger partial charge in [0.05, 0.1) is 25.3 Å². The minimum Gasteiger partial charge on any atom is -1.00 e. The molecule has 2 rings (SSSR count). The Kier molecular flexibility index (Phi) is 8.81. The maximum atomic E-state index is 11.7. The van der Waals surface area contributed by atoms with E-state index < -0.39 is 11.9 Å². The number of methoxy groups -OCH3 is 2. The van der Waals surface area contributed by atoms with Gasteiger partial charge in [0, 0.05) is 11.4 Å². The van der Waals surface area contributed by atoms with Gasteiger partial charge in [0.2, 0.25) is 0 Å². The Bertz CT molecular complexity index is 703. The topological polar surface area (TPSA) is 105 Å². The number of ether oxygens (including phenoxy) is 2. The number of carbonyl (C=O) groups excluding carboxylic acids is 2. The molecule has 25 heavy (non-hydrogen) atoms. The van der Waals surface area contributed by atoms with Gasteiger partial charge in [-0.05, 0) is 41.8 Å². The Morgan fingerprint density at radius 2 is 1.16 bits per heavy atom. The lowest BCUT2D eigenvalue weighted by molar-refractivity contribution is -0.00100. The quantitative estimate of drug-likeness (QED) is 0.411. The molecule has 0 bridgehead atoms. The van der Waals surface area contributed by atoms with Crippen LogP contribution in [0.2, 0.25) is 0 Å². The highest BCUT2D eigenvalue weighted by atomic mass is 35.5. The maximum Gasteiger partial charge on any atom is 0.339 e. The molecule has 0 atom stereocenters. The predicted octanol–water partition coefficient (Wildman–Crippen LogP) is -3.98. The van der Waals surface area contributed by atoms with Crippen LogP contribution >= 0.6 is 0 Å². The highest BCUT2D eigenvalue weighted by Gasteiger charge is 2.13. The third-order valence-electron chi connectivity index (χ3n) is 3.45. The normalized spacial score (nSPS) is 9.36. The first-order chi connectivity index (χ1) is 11.0. The van der Waals surface area contributed by atoms with E-state index in [1.54, 1.807) is 24.3 Å². The molecule has 2 aromatic carbocycles. The van der Waals surface area contributed by atoms with E-state index in [-0.39, 0.29) is 24.8 Å². The van der Waals surface area contributed by atoms with Gasteiger partial charge in [-0.15, -0.1) is 0 Å². The summed E-state index contributed by atoms with van der Waals surface area (Å²) in [6.07, 6.45) is 0.508. The van der Waals surface area contributed by atoms with Gasteiger partial charge in [0.1, 0.15) is 0 Å². The molecule has 0 aliphatic rings. The molecule has 8 heteroatoms. The fourth-order valence-corrected chi connectivity index (χ4v) is 2.24. The van der Waals surface area contributed by atoms with Gasteiger partial charge in [0.25, 0.3) is 0 Å². The summed E-state index contributed by atoms with van der Waals surface area (Å²) in [6.45, 7) is 0. The van der Waals surface area contributed by atoms with Crippen LogP contribution < -0.4 is 36.3 Å². The molecular weight excluding hydrogens is 367 g/mol. The van der Waals surface area contributed by atoms with Gasteiger partial charge in [-0.3, -0.25) is 0 Å². The van der Waals surface area contributed by atoms with Crippen molar-refractivity contribution in [1.82, 2.24) is 0 Å². The molecule has 0 unspecified atom stereocenters. The Morgan fingerprint density at radius 3 is 1.48 bits per heavy atom. The van der Waals surface area contributed by atoms with Crippen LogP contribution in [0.25, 0.3) is 0 Å². The summed E-state index contributed by atoms with van der Waals surface area (Å²) in [5.41, 5.74) is 14.6. The lowest BCUT2D eigenvalue weighted by atomic mass is 9.99. The Labute approximate surface area is 158 Å². The summed E-state index contributed by atoms with van der Waals surface area (Å²) in [7, 11) is 2.61. The number of carbonyl (C=O) groups is 2. The molecule has 0 aromatic heterocycles. The molecule has 6 nitrogen and oxygen atoms in total. The molecule has 0 heterocycles. The predicted molar refractivity (Wildman–Crippen MR) is 87.2 cm³/mol. The summed E-state index contributed by atoms with van der Waals surface area (Å²) >= 11 is 0. The molecular formula is C17H18Cl2N2O4-2. The summed E-state index contributed by atoms with van der Waals surface area (Å²) in [6, 6.07) is 10.3. The van der Waals surface area contributed by atoms with Crippen LogP contribution in [0.15, 0.2) is 36.4 Å². The van der Waals surface area contributed by atoms with E-state index in [0.717, 1.165) is 11.1 Å². The molecule has 0 saturated carbocycles. The lowest BCUT2D eigenvalue weighted by Crippen LogP contribution is -3.00. The maximum absolute atomic E-state index is 11.7. The highest BCUT2D eigenvalue weighted by molar-refractivity contribution is 5.96. The van der Waals surface area contributed by atoms with Crippen molar-refractivity contribution in [2.45, 2.75) is 6.42 Å². The Morgan fingerprint density at radius 1 is 0.800 bits per heavy atom. The van der Waals surface area contributed by atoms with Gasteiger partial charge in [-0.25, -0.2) is 9.59 Å². The van der Waals surface area contributed by atoms with Gasteiger partial charge >= 0.3 is 11.9 Å². The van der Waals surface area contributed by atoms with E-state index in [1.165, 1.54) is 14.2 Å². The molecule has 2 aromatic rings. The first-order valence-corrected chi connectivity index (χ1v) is 6.89. The zero-order valence-corrected chi connectivity index (χ0v) is 15.2. The minimum atomic E-state index is -0.489. The van der Waals surface area contributed by atoms with Crippen LogP contribution in [-0.2, 0) is 15.9 Å². The summed E-state index contributed by atoms with van der Waals surface area (Å²) in [5.74, 6) is -0.978. The number of rotatable bonds is 4. The average Bonchev–Trinajstić information content (AvgIpc) is 2.56. The third-order valence-corrected chi connectivity index (χ3v) is 3.45. The Hall–Kier alpha value is -2.44. The second-order valence-corrected chi connectivity index (χ2v) is 5.00. The smallest absolute Gasteiger partial charge is 0.339 e. The van der Waals surface area contributed by atoms with E-state index >= 15 is 0 Å². The van der Waals surface area contributed by atoms with Gasteiger partial charge < -0.3 is 45.8 Å². The number of halogens is 2. The van der Waals surface area contributed by atoms with Crippen LogP contribution in [0.4, 0.5) is 11.4 Å². The monoisotopic (exact) mass is 384 g/mol. The van der Waals surface area contributed by atoms with Crippen molar-refractivity contribution in [2.24, 2.45) is 0 Å². The molecule has 0 spiro atoms. The average molecular weight is 385 g/mol. The van der Waals surface area contributed by atoms with Gasteiger partial charge in [-0.1, -0.05) is 12.1 Å². The summed E-state index contributed by atoms with van der Waals surface area (Å²) in [4.78, 5) is 23.4. The molecule has 0 fully saturated rings. The fraction of sp³-hybridized carbons (Fsp3) is 0.176. The zero-order chi connectivity index (χ0) is 17.0. The van der Waals surface area contributed by atoms with Gasteiger partial charge in [0.15, 0.2) is 0 Å². The van der Waals surface area contributed by atoms with Gasteiger partial charge in [-0.2, -0.15) is 0 Å². The van der Waals surface area contributed by atoms with E-state index in [0.29, 0.717) is 28.9 Å². The zero-order valence-electron chi connectivity index (χ0n) is 13.7. The van der Waals surface area contributed by atoms with E-state index in [2.05, 4.69) is 0 Å². The van der Waals surface area contributed by atoms with Crippen molar-refractivity contribution in [3.8, 4) is 0 Å². The second-order valence-electron chi connectivity index (χ2n) is 5.00. The van der Waals surface area contributed by atoms with Crippen molar-refractivity contribution < 1.29 is 43.9 Å². The number of anilines is 2. The first kappa shape index (κ1) is 22.6. The second kappa shape index (κ2) is 9.76. The molecule has 0 radical (unpaired) electrons. The van der Waals surface area contributed by atoms with Crippen molar-refractivity contribution in [1.29, 1.82) is 0 Å². The minimum absolute atomic E-state index is 0. The molecule has 0 saturated heterocycles. The van der Waals surface area contributed by atoms with E-state index in [9.17, 15) is 9.59 Å². The number of hydrogen-bond donors (Lipinski definition) is 2. The summed E-state index contributed by atoms with van der Waals surface area (Å²) in [5, 5.41) is 0. The number of benzene rings is 2. The number of nitrogen functional groups attached to an aromatic ring is 2. The summed E-state index contributed by atoms with van der Waals surface area (Å²) < 4.78 is 9.41. The Balaban J connectivity index is 0.00000288. The largest absolute Gasteiger partial charge is 1.00 e. The third kappa shape index (κ3) is 5.27. The number of hydrogen-bond acceptors (Lipinski definition) is 6.